The van der Waals surface area contributed by atoms with E-state index in [4.69, 9.17) is 0 Å². The van der Waals surface area contributed by atoms with Gasteiger partial charge in [-0.25, -0.2) is 0 Å². The molecule has 0 aromatic heterocycles. The van der Waals surface area contributed by atoms with Crippen LogP contribution in [0, 0.1) is 0 Å². The van der Waals surface area contributed by atoms with Crippen LogP contribution in [0.15, 0.2) is 30.3 Å². The molecule has 1 aliphatic heterocycles. The summed E-state index contributed by atoms with van der Waals surface area (Å²) in [5, 5.41) is 9.94. The van der Waals surface area contributed by atoms with Crippen LogP contribution in [-0.2, 0) is 10.2 Å². The lowest BCUT2D eigenvalue weighted by Gasteiger charge is -2.26. The van der Waals surface area contributed by atoms with Gasteiger partial charge in [0.1, 0.15) is 0 Å². The van der Waals surface area contributed by atoms with Gasteiger partial charge in [-0.1, -0.05) is 36.8 Å². The van der Waals surface area contributed by atoms with Gasteiger partial charge in [-0.15, -0.1) is 0 Å². The third-order valence-electron chi connectivity index (χ3n) is 3.30. The van der Waals surface area contributed by atoms with Crippen molar-refractivity contribution in [2.75, 3.05) is 19.6 Å². The Morgan fingerprint density at radius 2 is 1.79 bits per heavy atom. The van der Waals surface area contributed by atoms with Gasteiger partial charge in [-0.05, 0) is 18.4 Å². The molecule has 106 valence electrons. The van der Waals surface area contributed by atoms with Gasteiger partial charge in [0, 0.05) is 19.6 Å². The van der Waals surface area contributed by atoms with Crippen LogP contribution in [0.2, 0.25) is 0 Å². The van der Waals surface area contributed by atoms with E-state index in [1.165, 1.54) is 4.31 Å². The Bertz CT molecular complexity index is 484. The van der Waals surface area contributed by atoms with Crippen LogP contribution >= 0.6 is 0 Å². The molecule has 0 aliphatic carbocycles. The quantitative estimate of drug-likeness (QED) is 0.849. The highest BCUT2D eigenvalue weighted by Gasteiger charge is 2.24. The van der Waals surface area contributed by atoms with Crippen LogP contribution in [-0.4, -0.2) is 37.5 Å². The maximum atomic E-state index is 12.0. The zero-order valence-corrected chi connectivity index (χ0v) is 11.6. The van der Waals surface area contributed by atoms with Crippen molar-refractivity contribution in [3.8, 4) is 0 Å². The normalized spacial score (nSPS) is 19.2. The number of rotatable bonds is 5. The Hall–Kier alpha value is -0.950. The molecule has 0 saturated carbocycles. The molecule has 0 spiro atoms. The number of piperidine rings is 1. The zero-order valence-electron chi connectivity index (χ0n) is 10.8. The van der Waals surface area contributed by atoms with E-state index in [9.17, 15) is 13.5 Å². The lowest BCUT2D eigenvalue weighted by Crippen LogP contribution is -2.44. The van der Waals surface area contributed by atoms with Crippen LogP contribution in [0.3, 0.4) is 0 Å². The van der Waals surface area contributed by atoms with E-state index in [1.54, 1.807) is 12.1 Å². The molecule has 0 bridgehead atoms. The lowest BCUT2D eigenvalue weighted by molar-refractivity contribution is 0.180. The molecule has 1 fully saturated rings. The fourth-order valence-corrected chi connectivity index (χ4v) is 3.46. The fraction of sp³-hybridized carbons (Fsp3) is 0.538. The number of hydrogen-bond acceptors (Lipinski definition) is 3. The number of aliphatic hydroxyl groups is 1. The molecule has 1 aliphatic rings. The molecule has 6 heteroatoms. The second-order valence-corrected chi connectivity index (χ2v) is 6.49. The first kappa shape index (κ1) is 14.5. The Balaban J connectivity index is 1.90. The maximum absolute atomic E-state index is 12.0. The van der Waals surface area contributed by atoms with E-state index < -0.39 is 16.3 Å². The van der Waals surface area contributed by atoms with E-state index in [1.807, 2.05) is 18.2 Å². The minimum Gasteiger partial charge on any atom is -0.387 e. The lowest BCUT2D eigenvalue weighted by atomic mass is 10.1. The van der Waals surface area contributed by atoms with Crippen molar-refractivity contribution in [3.63, 3.8) is 0 Å². The molecule has 0 amide bonds. The minimum atomic E-state index is -3.46. The standard InChI is InChI=1S/C13H20N2O3S/c16-13(12-7-3-1-4-8-12)11-14-19(17,18)15-9-5-2-6-10-15/h1,3-4,7-8,13-14,16H,2,5-6,9-11H2. The summed E-state index contributed by atoms with van der Waals surface area (Å²) in [5.74, 6) is 0. The second-order valence-electron chi connectivity index (χ2n) is 4.74. The summed E-state index contributed by atoms with van der Waals surface area (Å²) in [6.45, 7) is 1.14. The van der Waals surface area contributed by atoms with Gasteiger partial charge in [-0.2, -0.15) is 17.4 Å². The maximum Gasteiger partial charge on any atom is 0.279 e. The average molecular weight is 284 g/mol. The summed E-state index contributed by atoms with van der Waals surface area (Å²) in [5.41, 5.74) is 0.712. The van der Waals surface area contributed by atoms with Crippen molar-refractivity contribution >= 4 is 10.2 Å². The number of hydrogen-bond donors (Lipinski definition) is 2. The number of nitrogens with one attached hydrogen (secondary N) is 1. The monoisotopic (exact) mass is 284 g/mol. The molecule has 0 radical (unpaired) electrons. The topological polar surface area (TPSA) is 69.6 Å². The van der Waals surface area contributed by atoms with Crippen LogP contribution in [0.5, 0.6) is 0 Å². The minimum absolute atomic E-state index is 0.00282. The summed E-state index contributed by atoms with van der Waals surface area (Å²) in [4.78, 5) is 0. The Kier molecular flexibility index (Phi) is 4.93. The van der Waals surface area contributed by atoms with E-state index in [-0.39, 0.29) is 6.54 Å². The van der Waals surface area contributed by atoms with Gasteiger partial charge < -0.3 is 5.11 Å². The molecule has 1 heterocycles. The second kappa shape index (κ2) is 6.47. The molecule has 5 nitrogen and oxygen atoms in total. The Labute approximate surface area is 114 Å². The molecule has 1 unspecified atom stereocenters. The van der Waals surface area contributed by atoms with Gasteiger partial charge in [0.2, 0.25) is 0 Å². The molecule has 1 saturated heterocycles. The molecule has 2 N–H and O–H groups in total. The first-order valence-electron chi connectivity index (χ1n) is 6.57. The largest absolute Gasteiger partial charge is 0.387 e. The van der Waals surface area contributed by atoms with E-state index in [0.29, 0.717) is 18.7 Å². The number of nitrogens with zero attached hydrogens (tertiary/aromatic N) is 1. The fourth-order valence-electron chi connectivity index (χ4n) is 2.17. The van der Waals surface area contributed by atoms with Crippen molar-refractivity contribution in [1.82, 2.24) is 9.03 Å². The third kappa shape index (κ3) is 4.01. The number of aliphatic hydroxyl groups excluding tert-OH is 1. The predicted octanol–water partition coefficient (Wildman–Crippen LogP) is 1.04. The molecule has 1 aromatic carbocycles. The van der Waals surface area contributed by atoms with Crippen LogP contribution in [0.1, 0.15) is 30.9 Å². The summed E-state index contributed by atoms with van der Waals surface area (Å²) < 4.78 is 28.0. The summed E-state index contributed by atoms with van der Waals surface area (Å²) in [6, 6.07) is 9.04. The average Bonchev–Trinajstić information content (AvgIpc) is 2.47. The van der Waals surface area contributed by atoms with E-state index in [0.717, 1.165) is 19.3 Å². The SMILES string of the molecule is O=S(=O)(NCC(O)c1ccccc1)N1CCCCC1. The first-order chi connectivity index (χ1) is 9.09. The smallest absolute Gasteiger partial charge is 0.279 e. The van der Waals surface area contributed by atoms with Crippen molar-refractivity contribution < 1.29 is 13.5 Å². The zero-order chi connectivity index (χ0) is 13.7. The van der Waals surface area contributed by atoms with E-state index in [2.05, 4.69) is 4.72 Å². The molecular formula is C13H20N2O3S. The highest BCUT2D eigenvalue weighted by atomic mass is 32.2. The predicted molar refractivity (Wildman–Crippen MR) is 73.7 cm³/mol. The highest BCUT2D eigenvalue weighted by molar-refractivity contribution is 7.87. The summed E-state index contributed by atoms with van der Waals surface area (Å²) in [6.07, 6.45) is 2.07. The summed E-state index contributed by atoms with van der Waals surface area (Å²) >= 11 is 0. The van der Waals surface area contributed by atoms with Crippen molar-refractivity contribution in [1.29, 1.82) is 0 Å². The highest BCUT2D eigenvalue weighted by Crippen LogP contribution is 2.14. The van der Waals surface area contributed by atoms with Crippen molar-refractivity contribution in [2.45, 2.75) is 25.4 Å². The van der Waals surface area contributed by atoms with Crippen LogP contribution in [0.25, 0.3) is 0 Å². The van der Waals surface area contributed by atoms with E-state index >= 15 is 0 Å². The molecule has 2 rings (SSSR count). The van der Waals surface area contributed by atoms with Crippen molar-refractivity contribution in [3.05, 3.63) is 35.9 Å². The van der Waals surface area contributed by atoms with Gasteiger partial charge in [0.15, 0.2) is 0 Å². The molecular weight excluding hydrogens is 264 g/mol. The number of benzene rings is 1. The third-order valence-corrected chi connectivity index (χ3v) is 4.87. The van der Waals surface area contributed by atoms with Crippen LogP contribution in [0.4, 0.5) is 0 Å². The van der Waals surface area contributed by atoms with Gasteiger partial charge in [0.05, 0.1) is 6.10 Å². The van der Waals surface area contributed by atoms with Gasteiger partial charge in [-0.3, -0.25) is 0 Å². The Morgan fingerprint density at radius 3 is 2.42 bits per heavy atom. The van der Waals surface area contributed by atoms with Gasteiger partial charge in [0.25, 0.3) is 10.2 Å². The Morgan fingerprint density at radius 1 is 1.16 bits per heavy atom. The molecule has 1 aromatic rings. The molecule has 1 atom stereocenters. The van der Waals surface area contributed by atoms with Crippen LogP contribution < -0.4 is 4.72 Å². The molecule has 19 heavy (non-hydrogen) atoms. The van der Waals surface area contributed by atoms with Crippen molar-refractivity contribution in [2.24, 2.45) is 0 Å². The first-order valence-corrected chi connectivity index (χ1v) is 8.01. The summed E-state index contributed by atoms with van der Waals surface area (Å²) in [7, 11) is -3.46. The van der Waals surface area contributed by atoms with Gasteiger partial charge >= 0.3 is 0 Å².